The molecular weight excluding hydrogens is 362 g/mol. The number of hydrogen-bond acceptors (Lipinski definition) is 0. The molecule has 4 aromatic rings. The van der Waals surface area contributed by atoms with Crippen LogP contribution < -0.4 is 0 Å². The molecule has 0 N–H and O–H groups in total. The molecule has 4 rings (SSSR count). The first-order chi connectivity index (χ1) is 14.5. The minimum absolute atomic E-state index is 0.424. The Kier molecular flexibility index (Phi) is 5.63. The predicted molar refractivity (Wildman–Crippen MR) is 130 cm³/mol. The van der Waals surface area contributed by atoms with Crippen molar-refractivity contribution in [3.8, 4) is 28.1 Å². The third-order valence-corrected chi connectivity index (χ3v) is 5.93. The zero-order valence-electron chi connectivity index (χ0n) is 18.7. The molecule has 1 heterocycles. The van der Waals surface area contributed by atoms with Crippen LogP contribution in [0.1, 0.15) is 56.2 Å². The molecule has 152 valence electrons. The molecule has 3 aromatic carbocycles. The van der Waals surface area contributed by atoms with Crippen LogP contribution in [0, 0.1) is 6.92 Å². The smallest absolute Gasteiger partial charge is 0.0528 e. The highest BCUT2D eigenvalue weighted by atomic mass is 15.0. The van der Waals surface area contributed by atoms with E-state index in [4.69, 9.17) is 0 Å². The molecular formula is C29H31N. The van der Waals surface area contributed by atoms with Crippen LogP contribution in [0.15, 0.2) is 85.1 Å². The van der Waals surface area contributed by atoms with E-state index in [-0.39, 0.29) is 0 Å². The predicted octanol–water partition coefficient (Wildman–Crippen LogP) is 8.37. The van der Waals surface area contributed by atoms with Gasteiger partial charge in [0.2, 0.25) is 0 Å². The van der Waals surface area contributed by atoms with Gasteiger partial charge in [0.1, 0.15) is 0 Å². The lowest BCUT2D eigenvalue weighted by molar-refractivity contribution is 0.808. The lowest BCUT2D eigenvalue weighted by Crippen LogP contribution is -2.08. The van der Waals surface area contributed by atoms with Gasteiger partial charge in [-0.1, -0.05) is 82.3 Å². The molecule has 0 saturated heterocycles. The largest absolute Gasteiger partial charge is 0.316 e. The highest BCUT2D eigenvalue weighted by Crippen LogP contribution is 2.38. The summed E-state index contributed by atoms with van der Waals surface area (Å²) in [6.07, 6.45) is 2.21. The molecule has 0 unspecified atom stereocenters. The molecule has 0 amide bonds. The van der Waals surface area contributed by atoms with Crippen molar-refractivity contribution in [1.29, 1.82) is 0 Å². The van der Waals surface area contributed by atoms with Gasteiger partial charge in [0, 0.05) is 6.20 Å². The fourth-order valence-electron chi connectivity index (χ4n) is 4.31. The highest BCUT2D eigenvalue weighted by Gasteiger charge is 2.20. The van der Waals surface area contributed by atoms with Crippen LogP contribution >= 0.6 is 0 Å². The van der Waals surface area contributed by atoms with Crippen molar-refractivity contribution in [3.63, 3.8) is 0 Å². The van der Waals surface area contributed by atoms with Gasteiger partial charge in [0.25, 0.3) is 0 Å². The third kappa shape index (κ3) is 3.73. The molecule has 30 heavy (non-hydrogen) atoms. The number of aryl methyl sites for hydroxylation is 1. The van der Waals surface area contributed by atoms with Gasteiger partial charge < -0.3 is 4.57 Å². The average Bonchev–Trinajstić information content (AvgIpc) is 3.23. The summed E-state index contributed by atoms with van der Waals surface area (Å²) in [4.78, 5) is 0. The number of nitrogens with zero attached hydrogens (tertiary/aromatic N) is 1. The molecule has 0 aliphatic carbocycles. The molecule has 1 heteroatoms. The maximum Gasteiger partial charge on any atom is 0.0528 e. The molecule has 0 spiro atoms. The van der Waals surface area contributed by atoms with E-state index < -0.39 is 0 Å². The maximum absolute atomic E-state index is 2.41. The van der Waals surface area contributed by atoms with Crippen molar-refractivity contribution < 1.29 is 0 Å². The van der Waals surface area contributed by atoms with Gasteiger partial charge >= 0.3 is 0 Å². The van der Waals surface area contributed by atoms with Crippen LogP contribution in [0.2, 0.25) is 0 Å². The van der Waals surface area contributed by atoms with Crippen molar-refractivity contribution in [2.24, 2.45) is 0 Å². The minimum atomic E-state index is 0.424. The molecule has 0 aliphatic heterocycles. The quantitative estimate of drug-likeness (QED) is 0.321. The summed E-state index contributed by atoms with van der Waals surface area (Å²) in [5.74, 6) is 0.847. The highest BCUT2D eigenvalue weighted by molar-refractivity contribution is 5.74. The summed E-state index contributed by atoms with van der Waals surface area (Å²) < 4.78 is 2.39. The van der Waals surface area contributed by atoms with Gasteiger partial charge in [0.15, 0.2) is 0 Å². The second-order valence-electron chi connectivity index (χ2n) is 8.76. The Hall–Kier alpha value is -3.06. The fourth-order valence-corrected chi connectivity index (χ4v) is 4.31. The lowest BCUT2D eigenvalue weighted by Gasteiger charge is -2.24. The Labute approximate surface area is 181 Å². The lowest BCUT2D eigenvalue weighted by atomic mass is 9.87. The first-order valence-corrected chi connectivity index (χ1v) is 10.9. The zero-order chi connectivity index (χ0) is 21.3. The first kappa shape index (κ1) is 20.2. The summed E-state index contributed by atoms with van der Waals surface area (Å²) in [6, 6.07) is 28.6. The van der Waals surface area contributed by atoms with Crippen molar-refractivity contribution in [3.05, 3.63) is 102 Å². The standard InChI is InChI=1S/C29H31N/c1-20(2)26-18-24(25-15-10-9-12-22(25)5)19-27(21(3)4)29(26)30-17-11-16-28(30)23-13-7-6-8-14-23/h6-21H,1-5H3. The molecule has 1 aromatic heterocycles. The normalized spacial score (nSPS) is 11.4. The van der Waals surface area contributed by atoms with E-state index in [1.54, 1.807) is 0 Å². The van der Waals surface area contributed by atoms with E-state index in [2.05, 4.69) is 124 Å². The SMILES string of the molecule is Cc1ccccc1-c1cc(C(C)C)c(-n2cccc2-c2ccccc2)c(C(C)C)c1. The monoisotopic (exact) mass is 393 g/mol. The third-order valence-electron chi connectivity index (χ3n) is 5.93. The fraction of sp³-hybridized carbons (Fsp3) is 0.241. The van der Waals surface area contributed by atoms with Gasteiger partial charge in [-0.25, -0.2) is 0 Å². The Bertz CT molecular complexity index is 1120. The second-order valence-corrected chi connectivity index (χ2v) is 8.76. The van der Waals surface area contributed by atoms with Gasteiger partial charge in [-0.3, -0.25) is 0 Å². The van der Waals surface area contributed by atoms with Gasteiger partial charge in [-0.2, -0.15) is 0 Å². The maximum atomic E-state index is 2.41. The second kappa shape index (κ2) is 8.36. The van der Waals surface area contributed by atoms with E-state index in [1.165, 1.54) is 44.8 Å². The summed E-state index contributed by atoms with van der Waals surface area (Å²) in [7, 11) is 0. The molecule has 0 saturated carbocycles. The van der Waals surface area contributed by atoms with Crippen molar-refractivity contribution >= 4 is 0 Å². The Morgan fingerprint density at radius 2 is 1.23 bits per heavy atom. The number of aromatic nitrogens is 1. The summed E-state index contributed by atoms with van der Waals surface area (Å²) in [5.41, 5.74) is 10.6. The number of benzene rings is 3. The van der Waals surface area contributed by atoms with E-state index in [9.17, 15) is 0 Å². The van der Waals surface area contributed by atoms with Gasteiger partial charge in [0.05, 0.1) is 11.4 Å². The van der Waals surface area contributed by atoms with Gasteiger partial charge in [-0.05, 0) is 76.4 Å². The topological polar surface area (TPSA) is 4.93 Å². The van der Waals surface area contributed by atoms with Crippen molar-refractivity contribution in [1.82, 2.24) is 4.57 Å². The first-order valence-electron chi connectivity index (χ1n) is 10.9. The van der Waals surface area contributed by atoms with Crippen LogP contribution in [0.25, 0.3) is 28.1 Å². The van der Waals surface area contributed by atoms with Crippen LogP contribution in [0.4, 0.5) is 0 Å². The summed E-state index contributed by atoms with van der Waals surface area (Å²) in [5, 5.41) is 0. The average molecular weight is 394 g/mol. The van der Waals surface area contributed by atoms with E-state index in [0.717, 1.165) is 0 Å². The molecule has 0 atom stereocenters. The van der Waals surface area contributed by atoms with E-state index in [0.29, 0.717) is 11.8 Å². The Morgan fingerprint density at radius 1 is 0.633 bits per heavy atom. The molecule has 0 aliphatic rings. The van der Waals surface area contributed by atoms with E-state index in [1.807, 2.05) is 0 Å². The summed E-state index contributed by atoms with van der Waals surface area (Å²) >= 11 is 0. The van der Waals surface area contributed by atoms with Crippen LogP contribution in [-0.2, 0) is 0 Å². The Morgan fingerprint density at radius 3 is 1.83 bits per heavy atom. The number of rotatable bonds is 5. The number of hydrogen-bond donors (Lipinski definition) is 0. The Balaban J connectivity index is 2.00. The van der Waals surface area contributed by atoms with Crippen LogP contribution in [0.5, 0.6) is 0 Å². The molecule has 0 fully saturated rings. The van der Waals surface area contributed by atoms with Gasteiger partial charge in [-0.15, -0.1) is 0 Å². The molecule has 0 radical (unpaired) electrons. The summed E-state index contributed by atoms with van der Waals surface area (Å²) in [6.45, 7) is 11.4. The van der Waals surface area contributed by atoms with E-state index >= 15 is 0 Å². The van der Waals surface area contributed by atoms with Crippen molar-refractivity contribution in [2.75, 3.05) is 0 Å². The molecule has 1 nitrogen and oxygen atoms in total. The zero-order valence-corrected chi connectivity index (χ0v) is 18.7. The van der Waals surface area contributed by atoms with Crippen molar-refractivity contribution in [2.45, 2.75) is 46.5 Å². The minimum Gasteiger partial charge on any atom is -0.316 e. The molecule has 0 bridgehead atoms. The van der Waals surface area contributed by atoms with Crippen LogP contribution in [0.3, 0.4) is 0 Å². The van der Waals surface area contributed by atoms with Crippen LogP contribution in [-0.4, -0.2) is 4.57 Å².